The predicted octanol–water partition coefficient (Wildman–Crippen LogP) is 1.06. The van der Waals surface area contributed by atoms with Crippen molar-refractivity contribution < 1.29 is 4.74 Å². The van der Waals surface area contributed by atoms with Crippen LogP contribution >= 0.6 is 0 Å². The normalized spacial score (nSPS) is 10.1. The second kappa shape index (κ2) is 3.23. The van der Waals surface area contributed by atoms with Crippen LogP contribution in [0.15, 0.2) is 11.8 Å². The molecule has 0 saturated carbocycles. The zero-order valence-corrected chi connectivity index (χ0v) is 4.43. The van der Waals surface area contributed by atoms with E-state index in [0.717, 1.165) is 0 Å². The number of rotatable bonds is 1. The molecule has 0 aliphatic rings. The Morgan fingerprint density at radius 2 is 2.43 bits per heavy atom. The van der Waals surface area contributed by atoms with Gasteiger partial charge in [0, 0.05) is 0 Å². The second-order valence-corrected chi connectivity index (χ2v) is 0.969. The largest absolute Gasteiger partial charge is 0.487 e. The van der Waals surface area contributed by atoms with E-state index >= 15 is 0 Å². The molecule has 0 spiro atoms. The third kappa shape index (κ3) is 1.83. The lowest BCUT2D eigenvalue weighted by atomic mass is 10.5. The zero-order valence-electron chi connectivity index (χ0n) is 4.43. The number of allylic oxidation sites excluding steroid dienone is 2. The lowest BCUT2D eigenvalue weighted by Crippen LogP contribution is -1.77. The first-order valence-electron chi connectivity index (χ1n) is 1.95. The molecular weight excluding hydrogens is 90.1 g/mol. The summed E-state index contributed by atoms with van der Waals surface area (Å²) in [5, 5.41) is 8.08. The Morgan fingerprint density at radius 3 is 2.43 bits per heavy atom. The molecule has 0 N–H and O–H groups in total. The Hall–Kier alpha value is -0.970. The van der Waals surface area contributed by atoms with Crippen molar-refractivity contribution >= 4 is 0 Å². The van der Waals surface area contributed by atoms with Crippen LogP contribution in [-0.4, -0.2) is 7.11 Å². The molecule has 0 fully saturated rings. The number of nitrogens with zero attached hydrogens (tertiary/aromatic N) is 1. The van der Waals surface area contributed by atoms with Gasteiger partial charge in [-0.05, 0) is 13.0 Å². The third-order valence-electron chi connectivity index (χ3n) is 0.592. The van der Waals surface area contributed by atoms with Gasteiger partial charge >= 0.3 is 0 Å². The minimum atomic E-state index is 0.361. The summed E-state index contributed by atoms with van der Waals surface area (Å²) >= 11 is 0. The maximum atomic E-state index is 8.08. The van der Waals surface area contributed by atoms with E-state index in [1.165, 1.54) is 7.11 Å². The van der Waals surface area contributed by atoms with Crippen molar-refractivity contribution in [1.29, 1.82) is 5.26 Å². The molecule has 0 atom stereocenters. The summed E-state index contributed by atoms with van der Waals surface area (Å²) in [4.78, 5) is 0. The molecule has 0 radical (unpaired) electrons. The van der Waals surface area contributed by atoms with Gasteiger partial charge in [-0.25, -0.2) is 0 Å². The van der Waals surface area contributed by atoms with Crippen molar-refractivity contribution in [2.75, 3.05) is 7.11 Å². The molecule has 2 heteroatoms. The summed E-state index contributed by atoms with van der Waals surface area (Å²) in [7, 11) is 1.47. The first-order chi connectivity index (χ1) is 3.35. The van der Waals surface area contributed by atoms with Gasteiger partial charge in [0.05, 0.1) is 7.11 Å². The van der Waals surface area contributed by atoms with Gasteiger partial charge in [-0.15, -0.1) is 0 Å². The molecule has 0 unspecified atom stereocenters. The highest BCUT2D eigenvalue weighted by Gasteiger charge is 1.82. The predicted molar refractivity (Wildman–Crippen MR) is 26.4 cm³/mol. The van der Waals surface area contributed by atoms with Crippen LogP contribution in [0.1, 0.15) is 6.92 Å². The molecule has 0 aromatic carbocycles. The molecule has 0 aromatic rings. The number of methoxy groups -OCH3 is 1. The van der Waals surface area contributed by atoms with E-state index < -0.39 is 0 Å². The van der Waals surface area contributed by atoms with Crippen LogP contribution in [0, 0.1) is 11.3 Å². The Labute approximate surface area is 43.0 Å². The van der Waals surface area contributed by atoms with Gasteiger partial charge in [0.1, 0.15) is 6.07 Å². The molecule has 0 aliphatic carbocycles. The molecule has 0 rings (SSSR count). The number of nitriles is 1. The molecule has 2 nitrogen and oxygen atoms in total. The van der Waals surface area contributed by atoms with Crippen LogP contribution in [-0.2, 0) is 4.74 Å². The van der Waals surface area contributed by atoms with Gasteiger partial charge in [-0.2, -0.15) is 5.26 Å². The third-order valence-corrected chi connectivity index (χ3v) is 0.592. The van der Waals surface area contributed by atoms with Crippen molar-refractivity contribution in [3.8, 4) is 6.07 Å². The molecule has 0 amide bonds. The highest BCUT2D eigenvalue weighted by molar-refractivity contribution is 5.10. The quantitative estimate of drug-likeness (QED) is 0.362. The maximum Gasteiger partial charge on any atom is 0.192 e. The Balaban J connectivity index is 3.68. The van der Waals surface area contributed by atoms with E-state index in [1.54, 1.807) is 13.0 Å². The molecule has 0 aromatic heterocycles. The minimum Gasteiger partial charge on any atom is -0.487 e. The molecular formula is C5H7NO. The van der Waals surface area contributed by atoms with Gasteiger partial charge in [0.2, 0.25) is 0 Å². The fraction of sp³-hybridized carbons (Fsp3) is 0.400. The van der Waals surface area contributed by atoms with Crippen molar-refractivity contribution in [2.24, 2.45) is 0 Å². The number of hydrogen-bond donors (Lipinski definition) is 0. The Bertz CT molecular complexity index is 110. The molecule has 0 heterocycles. The van der Waals surface area contributed by atoms with Gasteiger partial charge in [-0.1, -0.05) is 0 Å². The van der Waals surface area contributed by atoms with Crippen LogP contribution in [0.4, 0.5) is 0 Å². The van der Waals surface area contributed by atoms with Crippen LogP contribution in [0.5, 0.6) is 0 Å². The summed E-state index contributed by atoms with van der Waals surface area (Å²) in [5.74, 6) is 0.361. The smallest absolute Gasteiger partial charge is 0.192 e. The minimum absolute atomic E-state index is 0.361. The van der Waals surface area contributed by atoms with Crippen LogP contribution in [0.3, 0.4) is 0 Å². The Morgan fingerprint density at radius 1 is 1.86 bits per heavy atom. The van der Waals surface area contributed by atoms with Gasteiger partial charge < -0.3 is 4.74 Å². The van der Waals surface area contributed by atoms with E-state index in [0.29, 0.717) is 5.76 Å². The van der Waals surface area contributed by atoms with Crippen molar-refractivity contribution in [3.05, 3.63) is 11.8 Å². The monoisotopic (exact) mass is 97.1 g/mol. The van der Waals surface area contributed by atoms with Crippen molar-refractivity contribution in [1.82, 2.24) is 0 Å². The Kier molecular flexibility index (Phi) is 2.78. The maximum absolute atomic E-state index is 8.08. The lowest BCUT2D eigenvalue weighted by Gasteiger charge is -1.88. The molecule has 38 valence electrons. The average molecular weight is 97.1 g/mol. The average Bonchev–Trinajstić information content (AvgIpc) is 1.72. The summed E-state index contributed by atoms with van der Waals surface area (Å²) in [5.41, 5.74) is 0. The van der Waals surface area contributed by atoms with Crippen molar-refractivity contribution in [3.63, 3.8) is 0 Å². The topological polar surface area (TPSA) is 33.0 Å². The van der Waals surface area contributed by atoms with Crippen LogP contribution in [0.2, 0.25) is 0 Å². The SMILES string of the molecule is CC=C(C#N)OC. The van der Waals surface area contributed by atoms with Crippen molar-refractivity contribution in [2.45, 2.75) is 6.92 Å². The summed E-state index contributed by atoms with van der Waals surface area (Å²) in [6.07, 6.45) is 1.61. The van der Waals surface area contributed by atoms with E-state index in [1.807, 2.05) is 6.07 Å². The summed E-state index contributed by atoms with van der Waals surface area (Å²) in [6.45, 7) is 1.75. The van der Waals surface area contributed by atoms with Gasteiger partial charge in [0.25, 0.3) is 0 Å². The standard InChI is InChI=1S/C5H7NO/c1-3-5(4-6)7-2/h3H,1-2H3. The molecule has 0 aliphatic heterocycles. The van der Waals surface area contributed by atoms with E-state index in [-0.39, 0.29) is 0 Å². The van der Waals surface area contributed by atoms with E-state index in [4.69, 9.17) is 5.26 Å². The zero-order chi connectivity index (χ0) is 5.70. The summed E-state index contributed by atoms with van der Waals surface area (Å²) in [6, 6.07) is 1.84. The first kappa shape index (κ1) is 6.03. The van der Waals surface area contributed by atoms with Crippen LogP contribution in [0.25, 0.3) is 0 Å². The number of hydrogen-bond acceptors (Lipinski definition) is 2. The highest BCUT2D eigenvalue weighted by atomic mass is 16.5. The fourth-order valence-corrected chi connectivity index (χ4v) is 0.228. The molecule has 7 heavy (non-hydrogen) atoms. The van der Waals surface area contributed by atoms with Crippen LogP contribution < -0.4 is 0 Å². The molecule has 0 bridgehead atoms. The van der Waals surface area contributed by atoms with E-state index in [9.17, 15) is 0 Å². The fourth-order valence-electron chi connectivity index (χ4n) is 0.228. The second-order valence-electron chi connectivity index (χ2n) is 0.969. The van der Waals surface area contributed by atoms with Gasteiger partial charge in [0.15, 0.2) is 5.76 Å². The molecule has 0 saturated heterocycles. The first-order valence-corrected chi connectivity index (χ1v) is 1.95. The number of ether oxygens (including phenoxy) is 1. The van der Waals surface area contributed by atoms with E-state index in [2.05, 4.69) is 4.74 Å². The lowest BCUT2D eigenvalue weighted by molar-refractivity contribution is 0.309. The highest BCUT2D eigenvalue weighted by Crippen LogP contribution is 1.87. The van der Waals surface area contributed by atoms with Gasteiger partial charge in [-0.3, -0.25) is 0 Å². The summed E-state index contributed by atoms with van der Waals surface area (Å²) < 4.78 is 4.55.